The molecular weight excluding hydrogens is 478 g/mol. The third-order valence-corrected chi connectivity index (χ3v) is 6.73. The number of ether oxygens (including phenoxy) is 1. The van der Waals surface area contributed by atoms with Gasteiger partial charge in [0.15, 0.2) is 0 Å². The molecule has 36 heavy (non-hydrogen) atoms. The molecule has 3 aromatic carbocycles. The number of carbonyl (C=O) groups excluding carboxylic acids is 3. The molecule has 1 saturated heterocycles. The van der Waals surface area contributed by atoms with Gasteiger partial charge in [0.25, 0.3) is 11.8 Å². The maximum atomic E-state index is 13.7. The van der Waals surface area contributed by atoms with Crippen molar-refractivity contribution >= 4 is 45.9 Å². The van der Waals surface area contributed by atoms with Gasteiger partial charge in [0.05, 0.1) is 19.2 Å². The van der Waals surface area contributed by atoms with Crippen LogP contribution in [-0.4, -0.2) is 47.3 Å². The van der Waals surface area contributed by atoms with Crippen molar-refractivity contribution < 1.29 is 19.1 Å². The first-order chi connectivity index (χ1) is 17.5. The maximum Gasteiger partial charge on any atom is 0.257 e. The molecule has 0 spiro atoms. The largest absolute Gasteiger partial charge is 0.497 e. The number of hydrogen-bond donors (Lipinski definition) is 1. The molecule has 5 rings (SSSR count). The van der Waals surface area contributed by atoms with Crippen molar-refractivity contribution in [1.29, 1.82) is 0 Å². The Kier molecular flexibility index (Phi) is 6.48. The molecular formula is C28H24ClN3O4. The van der Waals surface area contributed by atoms with Gasteiger partial charge in [0, 0.05) is 34.2 Å². The topological polar surface area (TPSA) is 82.7 Å². The summed E-state index contributed by atoms with van der Waals surface area (Å²) in [6, 6.07) is 20.3. The van der Waals surface area contributed by atoms with Crippen molar-refractivity contribution in [2.24, 2.45) is 0 Å². The van der Waals surface area contributed by atoms with Gasteiger partial charge in [-0.2, -0.15) is 0 Å². The number of carbonyl (C=O) groups is 3. The van der Waals surface area contributed by atoms with Crippen molar-refractivity contribution in [2.75, 3.05) is 18.6 Å². The predicted octanol–water partition coefficient (Wildman–Crippen LogP) is 4.85. The lowest BCUT2D eigenvalue weighted by molar-refractivity contribution is -0.122. The minimum absolute atomic E-state index is 0.0861. The molecule has 8 heteroatoms. The number of imide groups is 1. The molecule has 0 radical (unpaired) electrons. The first kappa shape index (κ1) is 23.6. The van der Waals surface area contributed by atoms with Gasteiger partial charge in [-0.3, -0.25) is 14.4 Å². The van der Waals surface area contributed by atoms with E-state index in [0.29, 0.717) is 28.4 Å². The maximum absolute atomic E-state index is 13.7. The monoisotopic (exact) mass is 501 g/mol. The van der Waals surface area contributed by atoms with Crippen LogP contribution in [-0.2, 0) is 16.0 Å². The van der Waals surface area contributed by atoms with E-state index in [0.717, 1.165) is 21.4 Å². The average molecular weight is 502 g/mol. The number of anilines is 1. The number of nitrogens with one attached hydrogen (secondary N) is 1. The Morgan fingerprint density at radius 1 is 1.06 bits per heavy atom. The van der Waals surface area contributed by atoms with E-state index >= 15 is 0 Å². The summed E-state index contributed by atoms with van der Waals surface area (Å²) < 4.78 is 5.21. The summed E-state index contributed by atoms with van der Waals surface area (Å²) in [6.45, 7) is 0.269. The molecule has 182 valence electrons. The molecule has 2 heterocycles. The first-order valence-corrected chi connectivity index (χ1v) is 12.0. The molecule has 0 saturated carbocycles. The van der Waals surface area contributed by atoms with Crippen molar-refractivity contribution in [3.8, 4) is 5.75 Å². The molecule has 1 aliphatic heterocycles. The second-order valence-corrected chi connectivity index (χ2v) is 9.04. The minimum Gasteiger partial charge on any atom is -0.497 e. The van der Waals surface area contributed by atoms with E-state index in [9.17, 15) is 14.4 Å². The molecule has 7 nitrogen and oxygen atoms in total. The number of H-pyrrole nitrogens is 1. The van der Waals surface area contributed by atoms with Gasteiger partial charge in [0.1, 0.15) is 11.8 Å². The van der Waals surface area contributed by atoms with Crippen LogP contribution in [0.2, 0.25) is 5.02 Å². The van der Waals surface area contributed by atoms with Crippen LogP contribution in [0.1, 0.15) is 22.3 Å². The number of nitrogens with zero attached hydrogens (tertiary/aromatic N) is 2. The van der Waals surface area contributed by atoms with Gasteiger partial charge < -0.3 is 14.6 Å². The summed E-state index contributed by atoms with van der Waals surface area (Å²) in [7, 11) is 1.55. The zero-order valence-corrected chi connectivity index (χ0v) is 20.4. The molecule has 4 aromatic rings. The van der Waals surface area contributed by atoms with Gasteiger partial charge in [-0.1, -0.05) is 29.8 Å². The van der Waals surface area contributed by atoms with Crippen LogP contribution in [0.4, 0.5) is 5.69 Å². The molecule has 1 fully saturated rings. The van der Waals surface area contributed by atoms with Gasteiger partial charge in [-0.15, -0.1) is 0 Å². The van der Waals surface area contributed by atoms with Crippen LogP contribution >= 0.6 is 11.6 Å². The van der Waals surface area contributed by atoms with Gasteiger partial charge in [-0.25, -0.2) is 4.90 Å². The van der Waals surface area contributed by atoms with Crippen molar-refractivity contribution in [2.45, 2.75) is 18.9 Å². The highest BCUT2D eigenvalue weighted by atomic mass is 35.5. The number of benzene rings is 3. The summed E-state index contributed by atoms with van der Waals surface area (Å²) in [5.74, 6) is -0.477. The molecule has 1 aromatic heterocycles. The van der Waals surface area contributed by atoms with E-state index < -0.39 is 11.9 Å². The Labute approximate surface area is 213 Å². The Morgan fingerprint density at radius 3 is 2.50 bits per heavy atom. The number of methoxy groups -OCH3 is 1. The van der Waals surface area contributed by atoms with Gasteiger partial charge >= 0.3 is 0 Å². The smallest absolute Gasteiger partial charge is 0.257 e. The van der Waals surface area contributed by atoms with Crippen LogP contribution < -0.4 is 9.64 Å². The average Bonchev–Trinajstić information content (AvgIpc) is 3.45. The Morgan fingerprint density at radius 2 is 1.78 bits per heavy atom. The second kappa shape index (κ2) is 9.87. The summed E-state index contributed by atoms with van der Waals surface area (Å²) in [5, 5.41) is 1.57. The normalized spacial score (nSPS) is 15.5. The second-order valence-electron chi connectivity index (χ2n) is 8.60. The summed E-state index contributed by atoms with van der Waals surface area (Å²) in [4.78, 5) is 46.0. The first-order valence-electron chi connectivity index (χ1n) is 11.6. The molecule has 1 atom stereocenters. The fourth-order valence-corrected chi connectivity index (χ4v) is 4.72. The molecule has 1 aliphatic rings. The SMILES string of the molecule is COc1ccc(C(=O)N(CCc2c[nH]c3ccccc23)C2CC(=O)N(c3ccc(Cl)cc3)C2=O)cc1. The number of fused-ring (bicyclic) bond motifs is 1. The lowest BCUT2D eigenvalue weighted by atomic mass is 10.1. The van der Waals surface area contributed by atoms with Crippen LogP contribution in [0.5, 0.6) is 5.75 Å². The fraction of sp³-hybridized carbons (Fsp3) is 0.179. The molecule has 3 amide bonds. The third kappa shape index (κ3) is 4.45. The van der Waals surface area contributed by atoms with Gasteiger partial charge in [-0.05, 0) is 66.6 Å². The van der Waals surface area contributed by atoms with E-state index in [1.54, 1.807) is 55.6 Å². The minimum atomic E-state index is -0.909. The quantitative estimate of drug-likeness (QED) is 0.367. The van der Waals surface area contributed by atoms with Crippen LogP contribution in [0.3, 0.4) is 0 Å². The third-order valence-electron chi connectivity index (χ3n) is 6.48. The highest BCUT2D eigenvalue weighted by molar-refractivity contribution is 6.31. The number of para-hydroxylation sites is 1. The molecule has 1 N–H and O–H groups in total. The molecule has 0 aliphatic carbocycles. The van der Waals surface area contributed by atoms with Crippen LogP contribution in [0.15, 0.2) is 79.0 Å². The molecule has 1 unspecified atom stereocenters. The van der Waals surface area contributed by atoms with Crippen molar-refractivity contribution in [3.05, 3.63) is 95.1 Å². The highest BCUT2D eigenvalue weighted by Crippen LogP contribution is 2.29. The fourth-order valence-electron chi connectivity index (χ4n) is 4.60. The van der Waals surface area contributed by atoms with E-state index in [1.165, 1.54) is 4.90 Å². The zero-order valence-electron chi connectivity index (χ0n) is 19.6. The number of aromatic nitrogens is 1. The lowest BCUT2D eigenvalue weighted by Crippen LogP contribution is -2.46. The van der Waals surface area contributed by atoms with Gasteiger partial charge in [0.2, 0.25) is 5.91 Å². The standard InChI is InChI=1S/C28H24ClN3O4/c1-36-22-12-6-18(7-13-22)27(34)31(15-14-19-17-30-24-5-3-2-4-23(19)24)25-16-26(33)32(28(25)35)21-10-8-20(29)9-11-21/h2-13,17,25,30H,14-16H2,1H3. The summed E-state index contributed by atoms with van der Waals surface area (Å²) in [5.41, 5.74) is 2.89. The lowest BCUT2D eigenvalue weighted by Gasteiger charge is -2.28. The summed E-state index contributed by atoms with van der Waals surface area (Å²) in [6.07, 6.45) is 2.35. The number of halogens is 1. The number of rotatable bonds is 7. The van der Waals surface area contributed by atoms with E-state index in [2.05, 4.69) is 4.98 Å². The molecule has 0 bridgehead atoms. The van der Waals surface area contributed by atoms with Crippen molar-refractivity contribution in [3.63, 3.8) is 0 Å². The van der Waals surface area contributed by atoms with E-state index in [-0.39, 0.29) is 24.8 Å². The number of amides is 3. The highest BCUT2D eigenvalue weighted by Gasteiger charge is 2.44. The van der Waals surface area contributed by atoms with Crippen LogP contribution in [0, 0.1) is 0 Å². The Balaban J connectivity index is 1.45. The Bertz CT molecular complexity index is 1430. The van der Waals surface area contributed by atoms with Crippen molar-refractivity contribution in [1.82, 2.24) is 9.88 Å². The Hall–Kier alpha value is -4.10. The van der Waals surface area contributed by atoms with E-state index in [1.807, 2.05) is 30.5 Å². The van der Waals surface area contributed by atoms with Crippen LogP contribution in [0.25, 0.3) is 10.9 Å². The summed E-state index contributed by atoms with van der Waals surface area (Å²) >= 11 is 5.98. The number of hydrogen-bond acceptors (Lipinski definition) is 4. The number of aromatic amines is 1. The van der Waals surface area contributed by atoms with E-state index in [4.69, 9.17) is 16.3 Å². The predicted molar refractivity (Wildman–Crippen MR) is 138 cm³/mol. The zero-order chi connectivity index (χ0) is 25.2.